The predicted molar refractivity (Wildman–Crippen MR) is 162 cm³/mol. The lowest BCUT2D eigenvalue weighted by molar-refractivity contribution is -0.139. The van der Waals surface area contributed by atoms with Gasteiger partial charge in [0.2, 0.25) is 11.8 Å². The standard InChI is InChI=1S/C32H31ClFN3O4S/c1-23-11-9-10-14-25(23)21-36(30(32(39)35-2)19-24-12-5-3-6-13-24)31(38)22-37(26-17-18-29(34)28(33)20-26)42(40,41)27-15-7-4-8-16-27/h3-18,20,30H,19,21-22H2,1-2H3,(H,35,39). The first-order chi connectivity index (χ1) is 20.1. The zero-order valence-corrected chi connectivity index (χ0v) is 24.8. The number of rotatable bonds is 11. The summed E-state index contributed by atoms with van der Waals surface area (Å²) in [6, 6.07) is 26.9. The number of hydrogen-bond acceptors (Lipinski definition) is 4. The van der Waals surface area contributed by atoms with Crippen LogP contribution in [-0.2, 0) is 32.6 Å². The quantitative estimate of drug-likeness (QED) is 0.248. The predicted octanol–water partition coefficient (Wildman–Crippen LogP) is 5.37. The normalized spacial score (nSPS) is 11.9. The molecule has 0 aliphatic heterocycles. The second-order valence-corrected chi connectivity index (χ2v) is 12.0. The number of carbonyl (C=O) groups excluding carboxylic acids is 2. The van der Waals surface area contributed by atoms with Gasteiger partial charge < -0.3 is 10.2 Å². The van der Waals surface area contributed by atoms with Gasteiger partial charge in [-0.05, 0) is 53.9 Å². The van der Waals surface area contributed by atoms with Gasteiger partial charge in [0.15, 0.2) is 0 Å². The summed E-state index contributed by atoms with van der Waals surface area (Å²) in [6.45, 7) is 1.30. The second kappa shape index (κ2) is 13.6. The molecule has 7 nitrogen and oxygen atoms in total. The minimum Gasteiger partial charge on any atom is -0.357 e. The first kappa shape index (κ1) is 30.7. The molecule has 1 unspecified atom stereocenters. The van der Waals surface area contributed by atoms with E-state index in [1.807, 2.05) is 61.5 Å². The molecular weight excluding hydrogens is 577 g/mol. The number of sulfonamides is 1. The molecule has 10 heteroatoms. The van der Waals surface area contributed by atoms with Crippen LogP contribution in [0.3, 0.4) is 0 Å². The molecule has 0 aromatic heterocycles. The van der Waals surface area contributed by atoms with Gasteiger partial charge in [-0.25, -0.2) is 12.8 Å². The number of benzene rings is 4. The smallest absolute Gasteiger partial charge is 0.264 e. The van der Waals surface area contributed by atoms with Gasteiger partial charge in [-0.15, -0.1) is 0 Å². The Balaban J connectivity index is 1.81. The number of nitrogens with one attached hydrogen (secondary N) is 1. The van der Waals surface area contributed by atoms with Crippen LogP contribution in [0, 0.1) is 12.7 Å². The number of nitrogens with zero attached hydrogens (tertiary/aromatic N) is 2. The number of anilines is 1. The average Bonchev–Trinajstić information content (AvgIpc) is 3.00. The zero-order valence-electron chi connectivity index (χ0n) is 23.2. The van der Waals surface area contributed by atoms with Crippen LogP contribution >= 0.6 is 11.6 Å². The summed E-state index contributed by atoms with van der Waals surface area (Å²) in [7, 11) is -2.81. The summed E-state index contributed by atoms with van der Waals surface area (Å²) in [5.74, 6) is -1.75. The number of amides is 2. The van der Waals surface area contributed by atoms with E-state index in [9.17, 15) is 22.4 Å². The lowest BCUT2D eigenvalue weighted by Crippen LogP contribution is -2.53. The van der Waals surface area contributed by atoms with E-state index in [-0.39, 0.29) is 28.6 Å². The maximum absolute atomic E-state index is 14.3. The largest absolute Gasteiger partial charge is 0.357 e. The summed E-state index contributed by atoms with van der Waals surface area (Å²) >= 11 is 6.03. The Morgan fingerprint density at radius 3 is 2.14 bits per heavy atom. The first-order valence-corrected chi connectivity index (χ1v) is 15.1. The zero-order chi connectivity index (χ0) is 30.3. The molecule has 2 amide bonds. The van der Waals surface area contributed by atoms with E-state index in [4.69, 9.17) is 11.6 Å². The van der Waals surface area contributed by atoms with Crippen molar-refractivity contribution in [3.8, 4) is 0 Å². The highest BCUT2D eigenvalue weighted by molar-refractivity contribution is 7.92. The van der Waals surface area contributed by atoms with Gasteiger partial charge in [-0.2, -0.15) is 0 Å². The molecule has 4 rings (SSSR count). The van der Waals surface area contributed by atoms with E-state index < -0.39 is 40.2 Å². The van der Waals surface area contributed by atoms with Crippen LogP contribution in [-0.4, -0.2) is 44.8 Å². The molecule has 0 heterocycles. The maximum atomic E-state index is 14.3. The van der Waals surface area contributed by atoms with Crippen molar-refractivity contribution in [2.75, 3.05) is 17.9 Å². The van der Waals surface area contributed by atoms with Gasteiger partial charge >= 0.3 is 0 Å². The highest BCUT2D eigenvalue weighted by Crippen LogP contribution is 2.28. The average molecular weight is 608 g/mol. The molecule has 0 radical (unpaired) electrons. The molecule has 4 aromatic rings. The topological polar surface area (TPSA) is 86.8 Å². The Bertz CT molecular complexity index is 1650. The van der Waals surface area contributed by atoms with Gasteiger partial charge in [0.05, 0.1) is 15.6 Å². The lowest BCUT2D eigenvalue weighted by Gasteiger charge is -2.34. The van der Waals surface area contributed by atoms with E-state index in [0.717, 1.165) is 33.1 Å². The van der Waals surface area contributed by atoms with Crippen LogP contribution < -0.4 is 9.62 Å². The minimum atomic E-state index is -4.30. The van der Waals surface area contributed by atoms with Crippen LogP contribution in [0.4, 0.5) is 10.1 Å². The van der Waals surface area contributed by atoms with Crippen molar-refractivity contribution in [1.82, 2.24) is 10.2 Å². The van der Waals surface area contributed by atoms with Gasteiger partial charge in [-0.3, -0.25) is 13.9 Å². The summed E-state index contributed by atoms with van der Waals surface area (Å²) in [6.07, 6.45) is 0.200. The highest BCUT2D eigenvalue weighted by Gasteiger charge is 2.34. The van der Waals surface area contributed by atoms with Crippen LogP contribution in [0.1, 0.15) is 16.7 Å². The molecule has 0 aliphatic carbocycles. The van der Waals surface area contributed by atoms with E-state index >= 15 is 0 Å². The minimum absolute atomic E-state index is 0.00833. The fraction of sp³-hybridized carbons (Fsp3) is 0.188. The molecule has 1 N–H and O–H groups in total. The van der Waals surface area contributed by atoms with Crippen LogP contribution in [0.5, 0.6) is 0 Å². The van der Waals surface area contributed by atoms with Crippen LogP contribution in [0.2, 0.25) is 5.02 Å². The van der Waals surface area contributed by atoms with Gasteiger partial charge in [-0.1, -0.05) is 84.4 Å². The van der Waals surface area contributed by atoms with Gasteiger partial charge in [0, 0.05) is 20.0 Å². The molecule has 218 valence electrons. The summed E-state index contributed by atoms with van der Waals surface area (Å²) in [4.78, 5) is 28.9. The monoisotopic (exact) mass is 607 g/mol. The number of aryl methyl sites for hydroxylation is 1. The Hall–Kier alpha value is -4.21. The van der Waals surface area contributed by atoms with Crippen molar-refractivity contribution in [1.29, 1.82) is 0 Å². The van der Waals surface area contributed by atoms with Crippen molar-refractivity contribution in [2.45, 2.75) is 30.8 Å². The maximum Gasteiger partial charge on any atom is 0.264 e. The Labute approximate surface area is 250 Å². The third-order valence-electron chi connectivity index (χ3n) is 6.92. The number of hydrogen-bond donors (Lipinski definition) is 1. The first-order valence-electron chi connectivity index (χ1n) is 13.2. The SMILES string of the molecule is CNC(=O)C(Cc1ccccc1)N(Cc1ccccc1C)C(=O)CN(c1ccc(F)c(Cl)c1)S(=O)(=O)c1ccccc1. The fourth-order valence-corrected chi connectivity index (χ4v) is 6.18. The molecule has 0 bridgehead atoms. The fourth-order valence-electron chi connectivity index (χ4n) is 4.58. The summed E-state index contributed by atoms with van der Waals surface area (Å²) in [5.41, 5.74) is 2.54. The summed E-state index contributed by atoms with van der Waals surface area (Å²) < 4.78 is 42.7. The molecule has 4 aromatic carbocycles. The number of carbonyl (C=O) groups is 2. The Morgan fingerprint density at radius 1 is 0.905 bits per heavy atom. The van der Waals surface area contributed by atoms with Crippen molar-refractivity contribution in [3.05, 3.63) is 131 Å². The van der Waals surface area contributed by atoms with E-state index in [1.165, 1.54) is 30.1 Å². The van der Waals surface area contributed by atoms with E-state index in [2.05, 4.69) is 5.32 Å². The number of halogens is 2. The molecule has 0 saturated carbocycles. The molecule has 1 atom stereocenters. The molecule has 42 heavy (non-hydrogen) atoms. The molecule has 0 spiro atoms. The highest BCUT2D eigenvalue weighted by atomic mass is 35.5. The number of likely N-dealkylation sites (N-methyl/N-ethyl adjacent to an activating group) is 1. The third kappa shape index (κ3) is 7.16. The van der Waals surface area contributed by atoms with Gasteiger partial charge in [0.25, 0.3) is 10.0 Å². The molecular formula is C32H31ClFN3O4S. The second-order valence-electron chi connectivity index (χ2n) is 9.69. The van der Waals surface area contributed by atoms with E-state index in [1.54, 1.807) is 18.2 Å². The third-order valence-corrected chi connectivity index (χ3v) is 9.00. The Kier molecular flexibility index (Phi) is 9.98. The molecule has 0 fully saturated rings. The van der Waals surface area contributed by atoms with Gasteiger partial charge in [0.1, 0.15) is 18.4 Å². The summed E-state index contributed by atoms with van der Waals surface area (Å²) in [5, 5.41) is 2.36. The lowest BCUT2D eigenvalue weighted by atomic mass is 10.0. The van der Waals surface area contributed by atoms with Crippen LogP contribution in [0.25, 0.3) is 0 Å². The van der Waals surface area contributed by atoms with E-state index in [0.29, 0.717) is 0 Å². The van der Waals surface area contributed by atoms with Crippen molar-refractivity contribution in [2.24, 2.45) is 0 Å². The molecule has 0 saturated heterocycles. The van der Waals surface area contributed by atoms with Crippen molar-refractivity contribution >= 4 is 39.1 Å². The molecule has 0 aliphatic rings. The Morgan fingerprint density at radius 2 is 1.52 bits per heavy atom. The van der Waals surface area contributed by atoms with Crippen LogP contribution in [0.15, 0.2) is 108 Å². The van der Waals surface area contributed by atoms with Crippen molar-refractivity contribution in [3.63, 3.8) is 0 Å². The van der Waals surface area contributed by atoms with Crippen molar-refractivity contribution < 1.29 is 22.4 Å².